The van der Waals surface area contributed by atoms with Crippen LogP contribution in [0.1, 0.15) is 58.8 Å². The van der Waals surface area contributed by atoms with E-state index >= 15 is 0 Å². The van der Waals surface area contributed by atoms with Gasteiger partial charge in [-0.3, -0.25) is 5.73 Å². The Labute approximate surface area is 137 Å². The van der Waals surface area contributed by atoms with Gasteiger partial charge in [-0.1, -0.05) is 31.1 Å². The molecule has 0 aromatic heterocycles. The molecule has 0 bridgehead atoms. The Balaban J connectivity index is 1.84. The summed E-state index contributed by atoms with van der Waals surface area (Å²) < 4.78 is 14.9. The van der Waals surface area contributed by atoms with Crippen molar-refractivity contribution in [1.82, 2.24) is 0 Å². The number of alkyl halides is 1. The average Bonchev–Trinajstić information content (AvgIpc) is 2.72. The van der Waals surface area contributed by atoms with Crippen LogP contribution in [0.2, 0.25) is 0 Å². The first-order valence-corrected chi connectivity index (χ1v) is 8.97. The zero-order valence-electron chi connectivity index (χ0n) is 14.1. The van der Waals surface area contributed by atoms with Gasteiger partial charge in [0.1, 0.15) is 0 Å². The van der Waals surface area contributed by atoms with Gasteiger partial charge in [0.25, 0.3) is 0 Å². The molecule has 3 unspecified atom stereocenters. The van der Waals surface area contributed by atoms with Crippen molar-refractivity contribution in [3.8, 4) is 0 Å². The lowest BCUT2D eigenvalue weighted by molar-refractivity contribution is -0.00344. The lowest BCUT2D eigenvalue weighted by atomic mass is 9.53. The largest absolute Gasteiger partial charge is 0.389 e. The molecule has 128 valence electrons. The highest BCUT2D eigenvalue weighted by atomic mass is 19.1. The van der Waals surface area contributed by atoms with Crippen LogP contribution in [0, 0.1) is 16.7 Å². The molecular weight excluding hydrogens is 293 g/mol. The molecule has 3 nitrogen and oxygen atoms in total. The number of halogens is 1. The zero-order chi connectivity index (χ0) is 16.6. The Bertz CT molecular complexity index is 610. The Morgan fingerprint density at radius 3 is 2.65 bits per heavy atom. The van der Waals surface area contributed by atoms with Gasteiger partial charge >= 0.3 is 0 Å². The third-order valence-corrected chi connectivity index (χ3v) is 7.61. The summed E-state index contributed by atoms with van der Waals surface area (Å²) in [6.07, 6.45) is 5.94. The molecule has 4 rings (SSSR count). The topological polar surface area (TPSA) is 66.5 Å². The quantitative estimate of drug-likeness (QED) is 0.475. The number of aliphatic hydroxyl groups is 2. The minimum absolute atomic E-state index is 0.0569. The van der Waals surface area contributed by atoms with Crippen molar-refractivity contribution in [3.05, 3.63) is 22.8 Å². The number of rotatable bonds is 0. The van der Waals surface area contributed by atoms with E-state index in [-0.39, 0.29) is 11.3 Å². The predicted molar refractivity (Wildman–Crippen MR) is 87.2 cm³/mol. The second-order valence-corrected chi connectivity index (χ2v) is 8.66. The van der Waals surface area contributed by atoms with E-state index in [0.717, 1.165) is 37.7 Å². The molecular formula is C19H28FNO2. The minimum atomic E-state index is -1.63. The third kappa shape index (κ3) is 1.92. The molecule has 1 fully saturated rings. The number of hydrogen-bond donors (Lipinski definition) is 3. The fourth-order valence-corrected chi connectivity index (χ4v) is 5.95. The van der Waals surface area contributed by atoms with E-state index < -0.39 is 23.4 Å². The maximum atomic E-state index is 14.9. The smallest absolute Gasteiger partial charge is 0.165 e. The lowest BCUT2D eigenvalue weighted by Gasteiger charge is -2.53. The number of hydrogen-bond acceptors (Lipinski definition) is 3. The molecule has 4 heteroatoms. The van der Waals surface area contributed by atoms with Crippen LogP contribution >= 0.6 is 0 Å². The maximum Gasteiger partial charge on any atom is 0.165 e. The van der Waals surface area contributed by atoms with Gasteiger partial charge in [0.2, 0.25) is 0 Å². The van der Waals surface area contributed by atoms with Crippen molar-refractivity contribution < 1.29 is 14.6 Å². The summed E-state index contributed by atoms with van der Waals surface area (Å²) in [4.78, 5) is 0. The predicted octanol–water partition coefficient (Wildman–Crippen LogP) is 2.97. The average molecular weight is 321 g/mol. The SMILES string of the molecule is C[C@]12CCC(O)C=C1CC(O)C1=C2CC[C@@]2(C)[C@H]1CCC2(N)F. The second-order valence-electron chi connectivity index (χ2n) is 8.66. The molecule has 0 saturated heterocycles. The van der Waals surface area contributed by atoms with Crippen LogP contribution < -0.4 is 5.73 Å². The van der Waals surface area contributed by atoms with Gasteiger partial charge in [-0.05, 0) is 56.4 Å². The molecule has 0 spiro atoms. The van der Waals surface area contributed by atoms with Crippen LogP contribution in [0.15, 0.2) is 22.8 Å². The van der Waals surface area contributed by atoms with Crippen LogP contribution in [-0.4, -0.2) is 28.2 Å². The molecule has 23 heavy (non-hydrogen) atoms. The third-order valence-electron chi connectivity index (χ3n) is 7.61. The normalized spacial score (nSPS) is 52.6. The van der Waals surface area contributed by atoms with Crippen molar-refractivity contribution in [3.63, 3.8) is 0 Å². The van der Waals surface area contributed by atoms with Gasteiger partial charge in [0, 0.05) is 10.8 Å². The number of aliphatic hydroxyl groups excluding tert-OH is 2. The lowest BCUT2D eigenvalue weighted by Crippen LogP contribution is -2.53. The highest BCUT2D eigenvalue weighted by molar-refractivity contribution is 5.45. The van der Waals surface area contributed by atoms with Crippen molar-refractivity contribution in [2.24, 2.45) is 22.5 Å². The molecule has 0 aliphatic heterocycles. The van der Waals surface area contributed by atoms with Gasteiger partial charge in [-0.15, -0.1) is 0 Å². The molecule has 0 aromatic carbocycles. The Morgan fingerprint density at radius 1 is 1.17 bits per heavy atom. The summed E-state index contributed by atoms with van der Waals surface area (Å²) in [5.74, 6) is -1.57. The van der Waals surface area contributed by atoms with Crippen LogP contribution in [0.4, 0.5) is 4.39 Å². The fourth-order valence-electron chi connectivity index (χ4n) is 5.95. The summed E-state index contributed by atoms with van der Waals surface area (Å²) in [6.45, 7) is 4.22. The van der Waals surface area contributed by atoms with Crippen LogP contribution in [0.5, 0.6) is 0 Å². The standard InChI is InChI=1S/C19H28FNO2/c1-17-6-3-12(22)9-11(17)10-15(23)16-13(17)4-7-18(2)14(16)5-8-19(18,20)21/h9,12,14-15,22-23H,3-8,10,21H2,1-2H3/t12?,14-,15?,17-,18-,19?/m0/s1. The first-order chi connectivity index (χ1) is 10.7. The van der Waals surface area contributed by atoms with E-state index in [4.69, 9.17) is 5.73 Å². The summed E-state index contributed by atoms with van der Waals surface area (Å²) in [6, 6.07) is 0. The summed E-state index contributed by atoms with van der Waals surface area (Å²) in [5.41, 5.74) is 8.95. The first-order valence-electron chi connectivity index (χ1n) is 8.97. The molecule has 0 radical (unpaired) electrons. The van der Waals surface area contributed by atoms with E-state index in [1.54, 1.807) is 0 Å². The minimum Gasteiger partial charge on any atom is -0.389 e. The van der Waals surface area contributed by atoms with E-state index in [2.05, 4.69) is 6.92 Å². The highest BCUT2D eigenvalue weighted by Gasteiger charge is 2.61. The highest BCUT2D eigenvalue weighted by Crippen LogP contribution is 2.64. The molecule has 0 aromatic rings. The Morgan fingerprint density at radius 2 is 1.91 bits per heavy atom. The van der Waals surface area contributed by atoms with E-state index in [1.165, 1.54) is 11.1 Å². The van der Waals surface area contributed by atoms with Crippen LogP contribution in [-0.2, 0) is 0 Å². The van der Waals surface area contributed by atoms with Crippen molar-refractivity contribution in [2.45, 2.75) is 76.8 Å². The Hall–Kier alpha value is -0.710. The second kappa shape index (κ2) is 4.68. The molecule has 4 aliphatic rings. The van der Waals surface area contributed by atoms with Crippen molar-refractivity contribution in [1.29, 1.82) is 0 Å². The molecule has 0 amide bonds. The van der Waals surface area contributed by atoms with E-state index in [0.29, 0.717) is 12.8 Å². The number of nitrogens with two attached hydrogens (primary N) is 1. The van der Waals surface area contributed by atoms with Crippen LogP contribution in [0.3, 0.4) is 0 Å². The van der Waals surface area contributed by atoms with E-state index in [1.807, 2.05) is 13.0 Å². The Kier molecular flexibility index (Phi) is 3.21. The van der Waals surface area contributed by atoms with Gasteiger partial charge in [-0.2, -0.15) is 0 Å². The number of fused-ring (bicyclic) bond motifs is 4. The van der Waals surface area contributed by atoms with Gasteiger partial charge in [0.15, 0.2) is 5.79 Å². The molecule has 6 atom stereocenters. The molecule has 1 saturated carbocycles. The van der Waals surface area contributed by atoms with Crippen molar-refractivity contribution >= 4 is 0 Å². The maximum absolute atomic E-state index is 14.9. The number of allylic oxidation sites excluding steroid dienone is 1. The summed E-state index contributed by atoms with van der Waals surface area (Å²) >= 11 is 0. The summed E-state index contributed by atoms with van der Waals surface area (Å²) in [5, 5.41) is 20.8. The van der Waals surface area contributed by atoms with Gasteiger partial charge in [0.05, 0.1) is 12.2 Å². The monoisotopic (exact) mass is 321 g/mol. The van der Waals surface area contributed by atoms with E-state index in [9.17, 15) is 14.6 Å². The fraction of sp³-hybridized carbons (Fsp3) is 0.789. The summed E-state index contributed by atoms with van der Waals surface area (Å²) in [7, 11) is 0. The van der Waals surface area contributed by atoms with Crippen LogP contribution in [0.25, 0.3) is 0 Å². The first kappa shape index (κ1) is 15.8. The van der Waals surface area contributed by atoms with Gasteiger partial charge in [-0.25, -0.2) is 4.39 Å². The molecule has 4 aliphatic carbocycles. The zero-order valence-corrected chi connectivity index (χ0v) is 14.1. The molecule has 4 N–H and O–H groups in total. The van der Waals surface area contributed by atoms with Crippen molar-refractivity contribution in [2.75, 3.05) is 0 Å². The van der Waals surface area contributed by atoms with Gasteiger partial charge < -0.3 is 10.2 Å². The molecule has 0 heterocycles.